The average Bonchev–Trinajstić information content (AvgIpc) is 2.19. The topological polar surface area (TPSA) is 26.3 Å². The predicted octanol–water partition coefficient (Wildman–Crippen LogP) is 3.83. The fourth-order valence-corrected chi connectivity index (χ4v) is 2.12. The highest BCUT2D eigenvalue weighted by Crippen LogP contribution is 2.41. The molecule has 0 aliphatic rings. The third-order valence-electron chi connectivity index (χ3n) is 1.99. The summed E-state index contributed by atoms with van der Waals surface area (Å²) in [5.41, 5.74) is -3.82. The van der Waals surface area contributed by atoms with Gasteiger partial charge in [0.15, 0.2) is 0 Å². The van der Waals surface area contributed by atoms with Crippen LogP contribution in [0.5, 0.6) is 5.75 Å². The van der Waals surface area contributed by atoms with E-state index < -0.39 is 5.51 Å². The van der Waals surface area contributed by atoms with E-state index in [1.165, 1.54) is 19.1 Å². The molecule has 1 aromatic carbocycles. The number of ether oxygens (including phenoxy) is 1. The molecule has 0 fully saturated rings. The van der Waals surface area contributed by atoms with Crippen LogP contribution in [0.1, 0.15) is 19.4 Å². The maximum atomic E-state index is 12.4. The van der Waals surface area contributed by atoms with Gasteiger partial charge in [-0.1, -0.05) is 6.07 Å². The van der Waals surface area contributed by atoms with Gasteiger partial charge in [-0.3, -0.25) is 4.79 Å². The number of ketones is 1. The third kappa shape index (κ3) is 5.00. The van der Waals surface area contributed by atoms with E-state index in [0.29, 0.717) is 5.56 Å². The van der Waals surface area contributed by atoms with E-state index in [9.17, 15) is 18.0 Å². The summed E-state index contributed by atoms with van der Waals surface area (Å²) < 4.78 is 42.3. The second-order valence-corrected chi connectivity index (χ2v) is 4.75. The molecule has 0 aliphatic carbocycles. The summed E-state index contributed by atoms with van der Waals surface area (Å²) in [5.74, 6) is 0.0919. The number of carbonyl (C=O) groups is 1. The van der Waals surface area contributed by atoms with E-state index >= 15 is 0 Å². The first-order valence-electron chi connectivity index (χ1n) is 5.32. The fourth-order valence-electron chi connectivity index (χ4n) is 1.43. The Bertz CT molecular complexity index is 430. The second-order valence-electron chi connectivity index (χ2n) is 3.64. The van der Waals surface area contributed by atoms with Crippen molar-refractivity contribution in [2.24, 2.45) is 0 Å². The molecule has 0 heterocycles. The lowest BCUT2D eigenvalue weighted by Gasteiger charge is -2.12. The van der Waals surface area contributed by atoms with E-state index in [1.54, 1.807) is 13.0 Å². The van der Waals surface area contributed by atoms with Crippen LogP contribution in [0.2, 0.25) is 0 Å². The highest BCUT2D eigenvalue weighted by atomic mass is 32.2. The minimum Gasteiger partial charge on any atom is -0.493 e. The Morgan fingerprint density at radius 3 is 2.56 bits per heavy atom. The van der Waals surface area contributed by atoms with Crippen molar-refractivity contribution in [3.63, 3.8) is 0 Å². The molecule has 0 amide bonds. The van der Waals surface area contributed by atoms with Gasteiger partial charge in [0.25, 0.3) is 0 Å². The molecule has 0 spiro atoms. The van der Waals surface area contributed by atoms with E-state index in [2.05, 4.69) is 0 Å². The van der Waals surface area contributed by atoms with E-state index in [0.717, 1.165) is 0 Å². The van der Waals surface area contributed by atoms with E-state index in [-0.39, 0.29) is 41.2 Å². The number of alkyl halides is 3. The molecule has 0 radical (unpaired) electrons. The van der Waals surface area contributed by atoms with Gasteiger partial charge in [0.2, 0.25) is 0 Å². The summed E-state index contributed by atoms with van der Waals surface area (Å²) in [6, 6.07) is 4.42. The summed E-state index contributed by atoms with van der Waals surface area (Å²) >= 11 is -0.228. The van der Waals surface area contributed by atoms with Crippen LogP contribution in [-0.4, -0.2) is 17.9 Å². The van der Waals surface area contributed by atoms with Crippen LogP contribution >= 0.6 is 11.8 Å². The fraction of sp³-hybridized carbons (Fsp3) is 0.417. The van der Waals surface area contributed by atoms with Gasteiger partial charge in [0.1, 0.15) is 11.5 Å². The van der Waals surface area contributed by atoms with Crippen molar-refractivity contribution >= 4 is 17.5 Å². The Morgan fingerprint density at radius 1 is 1.39 bits per heavy atom. The minimum atomic E-state index is -4.37. The van der Waals surface area contributed by atoms with Crippen molar-refractivity contribution in [3.8, 4) is 5.75 Å². The summed E-state index contributed by atoms with van der Waals surface area (Å²) in [6.07, 6.45) is 0.123. The minimum absolute atomic E-state index is 0.0110. The monoisotopic (exact) mass is 278 g/mol. The first kappa shape index (κ1) is 14.9. The number of hydrogen-bond donors (Lipinski definition) is 0. The Balaban J connectivity index is 3.03. The summed E-state index contributed by atoms with van der Waals surface area (Å²) in [4.78, 5) is 10.9. The van der Waals surface area contributed by atoms with Crippen LogP contribution in [0.4, 0.5) is 13.2 Å². The zero-order chi connectivity index (χ0) is 13.8. The van der Waals surface area contributed by atoms with Crippen molar-refractivity contribution in [3.05, 3.63) is 23.8 Å². The number of carbonyl (C=O) groups excluding carboxylic acids is 1. The highest BCUT2D eigenvalue weighted by Gasteiger charge is 2.31. The van der Waals surface area contributed by atoms with Gasteiger partial charge in [-0.15, -0.1) is 0 Å². The lowest BCUT2D eigenvalue weighted by Crippen LogP contribution is -2.03. The molecule has 1 aromatic rings. The third-order valence-corrected chi connectivity index (χ3v) is 2.76. The second kappa shape index (κ2) is 6.13. The van der Waals surface area contributed by atoms with Gasteiger partial charge in [-0.2, -0.15) is 13.2 Å². The van der Waals surface area contributed by atoms with Gasteiger partial charge >= 0.3 is 5.51 Å². The van der Waals surface area contributed by atoms with Crippen molar-refractivity contribution in [2.45, 2.75) is 30.7 Å². The predicted molar refractivity (Wildman–Crippen MR) is 63.9 cm³/mol. The molecule has 2 nitrogen and oxygen atoms in total. The van der Waals surface area contributed by atoms with Crippen molar-refractivity contribution < 1.29 is 22.7 Å². The zero-order valence-electron chi connectivity index (χ0n) is 10.0. The molecule has 0 atom stereocenters. The number of hydrogen-bond acceptors (Lipinski definition) is 3. The van der Waals surface area contributed by atoms with Gasteiger partial charge < -0.3 is 4.74 Å². The van der Waals surface area contributed by atoms with Crippen molar-refractivity contribution in [1.29, 1.82) is 0 Å². The van der Waals surface area contributed by atoms with Crippen molar-refractivity contribution in [1.82, 2.24) is 0 Å². The van der Waals surface area contributed by atoms with Crippen molar-refractivity contribution in [2.75, 3.05) is 6.61 Å². The summed E-state index contributed by atoms with van der Waals surface area (Å²) in [7, 11) is 0. The first-order valence-corrected chi connectivity index (χ1v) is 6.14. The lowest BCUT2D eigenvalue weighted by atomic mass is 10.1. The smallest absolute Gasteiger partial charge is 0.446 e. The van der Waals surface area contributed by atoms with Crippen LogP contribution in [0.3, 0.4) is 0 Å². The van der Waals surface area contributed by atoms with E-state index in [4.69, 9.17) is 4.74 Å². The molecule has 0 aromatic heterocycles. The number of benzene rings is 1. The Hall–Kier alpha value is -1.17. The van der Waals surface area contributed by atoms with Crippen LogP contribution in [0.15, 0.2) is 23.1 Å². The summed E-state index contributed by atoms with van der Waals surface area (Å²) in [5, 5.41) is 0. The standard InChI is InChI=1S/C12H13F3O2S/c1-3-17-10-5-4-9(6-8(2)16)7-11(10)18-12(13,14)15/h4-5,7H,3,6H2,1-2H3. The molecule has 0 aliphatic heterocycles. The number of rotatable bonds is 5. The molecule has 0 unspecified atom stereocenters. The highest BCUT2D eigenvalue weighted by molar-refractivity contribution is 8.00. The number of Topliss-reactive ketones (excluding diaryl/α,β-unsaturated/α-hetero) is 1. The van der Waals surface area contributed by atoms with Gasteiger partial charge in [0, 0.05) is 6.42 Å². The molecule has 0 N–H and O–H groups in total. The Labute approximate surface area is 108 Å². The largest absolute Gasteiger partial charge is 0.493 e. The van der Waals surface area contributed by atoms with Gasteiger partial charge in [-0.05, 0) is 43.3 Å². The lowest BCUT2D eigenvalue weighted by molar-refractivity contribution is -0.116. The Kier molecular flexibility index (Phi) is 5.07. The van der Waals surface area contributed by atoms with Crippen LogP contribution in [-0.2, 0) is 11.2 Å². The molecule has 1 rings (SSSR count). The van der Waals surface area contributed by atoms with Crippen LogP contribution < -0.4 is 4.74 Å². The van der Waals surface area contributed by atoms with Gasteiger partial charge in [-0.25, -0.2) is 0 Å². The molecule has 100 valence electrons. The normalized spacial score (nSPS) is 11.4. The van der Waals surface area contributed by atoms with Crippen LogP contribution in [0, 0.1) is 0 Å². The molecule has 0 bridgehead atoms. The number of thioether (sulfide) groups is 1. The van der Waals surface area contributed by atoms with E-state index in [1.807, 2.05) is 0 Å². The van der Waals surface area contributed by atoms with Crippen LogP contribution in [0.25, 0.3) is 0 Å². The number of halogens is 3. The Morgan fingerprint density at radius 2 is 2.06 bits per heavy atom. The molecular formula is C12H13F3O2S. The first-order chi connectivity index (χ1) is 8.31. The molecule has 18 heavy (non-hydrogen) atoms. The maximum absolute atomic E-state index is 12.4. The summed E-state index contributed by atoms with van der Waals surface area (Å²) in [6.45, 7) is 3.38. The molecule has 6 heteroatoms. The quantitative estimate of drug-likeness (QED) is 0.766. The molecule has 0 saturated carbocycles. The average molecular weight is 278 g/mol. The maximum Gasteiger partial charge on any atom is 0.446 e. The zero-order valence-corrected chi connectivity index (χ0v) is 10.8. The van der Waals surface area contributed by atoms with Gasteiger partial charge in [0.05, 0.1) is 11.5 Å². The SMILES string of the molecule is CCOc1ccc(CC(C)=O)cc1SC(F)(F)F. The molecular weight excluding hydrogens is 265 g/mol. The molecule has 0 saturated heterocycles.